The summed E-state index contributed by atoms with van der Waals surface area (Å²) in [6.07, 6.45) is 0.555. The number of carbonyl (C=O) groups excluding carboxylic acids is 1. The van der Waals surface area contributed by atoms with E-state index in [1.54, 1.807) is 24.3 Å². The van der Waals surface area contributed by atoms with E-state index in [1.165, 1.54) is 23.4 Å². The van der Waals surface area contributed by atoms with Crippen LogP contribution in [0.25, 0.3) is 0 Å². The first-order valence-electron chi connectivity index (χ1n) is 9.26. The number of nitro benzene ring substituents is 1. The van der Waals surface area contributed by atoms with Gasteiger partial charge in [0.05, 0.1) is 9.82 Å². The monoisotopic (exact) mass is 418 g/mol. The van der Waals surface area contributed by atoms with Crippen molar-refractivity contribution < 1.29 is 22.9 Å². The summed E-state index contributed by atoms with van der Waals surface area (Å²) in [6, 6.07) is 10.4. The van der Waals surface area contributed by atoms with E-state index in [4.69, 9.17) is 4.74 Å². The summed E-state index contributed by atoms with van der Waals surface area (Å²) in [7, 11) is -3.80. The highest BCUT2D eigenvalue weighted by Gasteiger charge is 2.30. The van der Waals surface area contributed by atoms with Crippen molar-refractivity contribution in [2.75, 3.05) is 13.1 Å². The molecule has 1 heterocycles. The molecule has 9 heteroatoms. The zero-order chi connectivity index (χ0) is 21.2. The van der Waals surface area contributed by atoms with Crippen molar-refractivity contribution in [2.24, 2.45) is 0 Å². The number of carbonyl (C=O) groups is 1. The van der Waals surface area contributed by atoms with Gasteiger partial charge in [-0.2, -0.15) is 4.31 Å². The number of benzene rings is 2. The Labute approximate surface area is 169 Å². The molecule has 3 rings (SSSR count). The van der Waals surface area contributed by atoms with Crippen LogP contribution in [0.4, 0.5) is 5.69 Å². The SMILES string of the molecule is Cc1ccc(C(=O)[C@@H](C)Oc2ccc(S(=O)(=O)N3CCCC3)cc2[N+](=O)[O-])cc1. The van der Waals surface area contributed by atoms with Crippen LogP contribution in [0.5, 0.6) is 5.75 Å². The number of ether oxygens (including phenoxy) is 1. The van der Waals surface area contributed by atoms with Crippen LogP contribution < -0.4 is 4.74 Å². The topological polar surface area (TPSA) is 107 Å². The average molecular weight is 418 g/mol. The largest absolute Gasteiger partial charge is 0.475 e. The molecule has 0 radical (unpaired) electrons. The van der Waals surface area contributed by atoms with Gasteiger partial charge in [-0.3, -0.25) is 14.9 Å². The summed E-state index contributed by atoms with van der Waals surface area (Å²) in [5, 5.41) is 11.5. The Morgan fingerprint density at radius 1 is 1.14 bits per heavy atom. The van der Waals surface area contributed by atoms with Gasteiger partial charge in [0.2, 0.25) is 15.8 Å². The summed E-state index contributed by atoms with van der Waals surface area (Å²) in [5.74, 6) is -0.476. The standard InChI is InChI=1S/C20H22N2O6S/c1-14-5-7-16(8-6-14)20(23)15(2)28-19-10-9-17(13-18(19)22(24)25)29(26,27)21-11-3-4-12-21/h5-10,13,15H,3-4,11-12H2,1-2H3/t15-/m1/s1. The van der Waals surface area contributed by atoms with Crippen molar-refractivity contribution in [3.05, 3.63) is 63.7 Å². The van der Waals surface area contributed by atoms with E-state index in [1.807, 2.05) is 6.92 Å². The van der Waals surface area contributed by atoms with Gasteiger partial charge in [0, 0.05) is 24.7 Å². The number of hydrogen-bond acceptors (Lipinski definition) is 6. The van der Waals surface area contributed by atoms with Crippen LogP contribution in [-0.2, 0) is 10.0 Å². The van der Waals surface area contributed by atoms with E-state index in [9.17, 15) is 23.3 Å². The molecule has 1 atom stereocenters. The molecule has 0 amide bonds. The predicted octanol–water partition coefficient (Wildman–Crippen LogP) is 3.34. The second kappa shape index (κ2) is 8.30. The average Bonchev–Trinajstić information content (AvgIpc) is 3.23. The van der Waals surface area contributed by atoms with Gasteiger partial charge in [0.15, 0.2) is 11.9 Å². The van der Waals surface area contributed by atoms with Crippen molar-refractivity contribution in [2.45, 2.75) is 37.7 Å². The lowest BCUT2D eigenvalue weighted by Gasteiger charge is -2.17. The molecule has 0 bridgehead atoms. The third kappa shape index (κ3) is 4.46. The first-order chi connectivity index (χ1) is 13.7. The molecule has 1 aliphatic heterocycles. The lowest BCUT2D eigenvalue weighted by molar-refractivity contribution is -0.386. The summed E-state index contributed by atoms with van der Waals surface area (Å²) in [4.78, 5) is 23.2. The molecule has 2 aromatic rings. The van der Waals surface area contributed by atoms with Crippen LogP contribution >= 0.6 is 0 Å². The Morgan fingerprint density at radius 3 is 2.34 bits per heavy atom. The fraction of sp³-hybridized carbons (Fsp3) is 0.350. The maximum Gasteiger partial charge on any atom is 0.312 e. The van der Waals surface area contributed by atoms with Crippen LogP contribution in [0.3, 0.4) is 0 Å². The maximum atomic E-state index is 12.7. The second-order valence-corrected chi connectivity index (χ2v) is 8.93. The molecule has 0 saturated carbocycles. The third-order valence-corrected chi connectivity index (χ3v) is 6.73. The molecular formula is C20H22N2O6S. The lowest BCUT2D eigenvalue weighted by atomic mass is 10.1. The Hall–Kier alpha value is -2.78. The smallest absolute Gasteiger partial charge is 0.312 e. The minimum Gasteiger partial charge on any atom is -0.475 e. The highest BCUT2D eigenvalue weighted by molar-refractivity contribution is 7.89. The van der Waals surface area contributed by atoms with Gasteiger partial charge in [-0.15, -0.1) is 0 Å². The molecule has 29 heavy (non-hydrogen) atoms. The molecule has 1 aliphatic rings. The number of Topliss-reactive ketones (excluding diaryl/α,β-unsaturated/α-hetero) is 1. The summed E-state index contributed by atoms with van der Waals surface area (Å²) < 4.78 is 32.2. The van der Waals surface area contributed by atoms with Gasteiger partial charge >= 0.3 is 5.69 Å². The van der Waals surface area contributed by atoms with E-state index < -0.39 is 26.7 Å². The molecule has 8 nitrogen and oxygen atoms in total. The van der Waals surface area contributed by atoms with Crippen LogP contribution in [-0.4, -0.2) is 42.6 Å². The van der Waals surface area contributed by atoms with Crippen LogP contribution in [0, 0.1) is 17.0 Å². The number of hydrogen-bond donors (Lipinski definition) is 0. The molecule has 1 saturated heterocycles. The van der Waals surface area contributed by atoms with Gasteiger partial charge in [-0.1, -0.05) is 29.8 Å². The summed E-state index contributed by atoms with van der Waals surface area (Å²) in [5.41, 5.74) is 0.938. The first kappa shape index (κ1) is 20.9. The summed E-state index contributed by atoms with van der Waals surface area (Å²) in [6.45, 7) is 4.20. The Morgan fingerprint density at radius 2 is 1.76 bits per heavy atom. The molecule has 0 spiro atoms. The minimum absolute atomic E-state index is 0.150. The first-order valence-corrected chi connectivity index (χ1v) is 10.7. The van der Waals surface area contributed by atoms with Gasteiger partial charge in [-0.25, -0.2) is 8.42 Å². The van der Waals surface area contributed by atoms with E-state index in [-0.39, 0.29) is 16.4 Å². The molecule has 154 valence electrons. The van der Waals surface area contributed by atoms with E-state index in [2.05, 4.69) is 0 Å². The summed E-state index contributed by atoms with van der Waals surface area (Å²) >= 11 is 0. The highest BCUT2D eigenvalue weighted by atomic mass is 32.2. The normalized spacial score (nSPS) is 15.8. The number of ketones is 1. The Balaban J connectivity index is 1.86. The Bertz CT molecular complexity index is 1030. The third-order valence-electron chi connectivity index (χ3n) is 4.84. The lowest BCUT2D eigenvalue weighted by Crippen LogP contribution is -2.28. The van der Waals surface area contributed by atoms with Gasteiger partial charge in [0.1, 0.15) is 0 Å². The zero-order valence-corrected chi connectivity index (χ0v) is 17.0. The number of sulfonamides is 1. The second-order valence-electron chi connectivity index (χ2n) is 6.99. The Kier molecular flexibility index (Phi) is 5.99. The molecule has 1 fully saturated rings. The molecule has 0 unspecified atom stereocenters. The van der Waals surface area contributed by atoms with Crippen LogP contribution in [0.2, 0.25) is 0 Å². The highest BCUT2D eigenvalue weighted by Crippen LogP contribution is 2.32. The van der Waals surface area contributed by atoms with E-state index in [0.717, 1.165) is 24.5 Å². The molecular weight excluding hydrogens is 396 g/mol. The fourth-order valence-electron chi connectivity index (χ4n) is 3.17. The fourth-order valence-corrected chi connectivity index (χ4v) is 4.71. The van der Waals surface area contributed by atoms with Crippen LogP contribution in [0.15, 0.2) is 47.4 Å². The van der Waals surface area contributed by atoms with Gasteiger partial charge < -0.3 is 4.74 Å². The number of aryl methyl sites for hydroxylation is 1. The quantitative estimate of drug-likeness (QED) is 0.388. The van der Waals surface area contributed by atoms with Crippen molar-refractivity contribution >= 4 is 21.5 Å². The number of nitrogens with zero attached hydrogens (tertiary/aromatic N) is 2. The van der Waals surface area contributed by atoms with Gasteiger partial charge in [0.25, 0.3) is 0 Å². The van der Waals surface area contributed by atoms with E-state index in [0.29, 0.717) is 18.7 Å². The van der Waals surface area contributed by atoms with Crippen molar-refractivity contribution in [3.8, 4) is 5.75 Å². The molecule has 0 aromatic heterocycles. The van der Waals surface area contributed by atoms with Crippen molar-refractivity contribution in [1.82, 2.24) is 4.31 Å². The van der Waals surface area contributed by atoms with Crippen molar-refractivity contribution in [3.63, 3.8) is 0 Å². The minimum atomic E-state index is -3.80. The zero-order valence-electron chi connectivity index (χ0n) is 16.2. The van der Waals surface area contributed by atoms with Crippen molar-refractivity contribution in [1.29, 1.82) is 0 Å². The van der Waals surface area contributed by atoms with E-state index >= 15 is 0 Å². The number of nitro groups is 1. The van der Waals surface area contributed by atoms with Crippen LogP contribution in [0.1, 0.15) is 35.7 Å². The molecule has 0 N–H and O–H groups in total. The molecule has 2 aromatic carbocycles. The van der Waals surface area contributed by atoms with Gasteiger partial charge in [-0.05, 0) is 38.8 Å². The predicted molar refractivity (Wildman–Crippen MR) is 107 cm³/mol. The maximum absolute atomic E-state index is 12.7. The number of rotatable bonds is 7. The molecule has 0 aliphatic carbocycles.